The van der Waals surface area contributed by atoms with Gasteiger partial charge in [0, 0.05) is 32.9 Å². The largest absolute Gasteiger partial charge is 0.462 e. The summed E-state index contributed by atoms with van der Waals surface area (Å²) in [6, 6.07) is 0. The molecule has 0 rings (SSSR count). The van der Waals surface area contributed by atoms with Gasteiger partial charge in [0.1, 0.15) is 12.7 Å². The van der Waals surface area contributed by atoms with Gasteiger partial charge in [-0.05, 0) is 46.0 Å². The van der Waals surface area contributed by atoms with Crippen molar-refractivity contribution < 1.29 is 33.3 Å². The second-order valence-corrected chi connectivity index (χ2v) is 16.1. The second kappa shape index (κ2) is 34.8. The summed E-state index contributed by atoms with van der Waals surface area (Å²) in [6.07, 6.45) is 30.2. The van der Waals surface area contributed by atoms with Crippen molar-refractivity contribution in [2.24, 2.45) is 0 Å². The normalized spacial score (nSPS) is 12.5. The van der Waals surface area contributed by atoms with Crippen LogP contribution >= 0.6 is 0 Å². The van der Waals surface area contributed by atoms with E-state index in [-0.39, 0.29) is 36.5 Å². The highest BCUT2D eigenvalue weighted by molar-refractivity contribution is 5.76. The summed E-state index contributed by atoms with van der Waals surface area (Å²) in [5.41, 5.74) is -0.830. The van der Waals surface area contributed by atoms with E-state index in [0.717, 1.165) is 57.8 Å². The Balaban J connectivity index is 4.66. The van der Waals surface area contributed by atoms with E-state index in [9.17, 15) is 14.4 Å². The maximum Gasteiger partial charge on any atom is 0.306 e. The van der Waals surface area contributed by atoms with Crippen LogP contribution in [0, 0.1) is 0 Å². The van der Waals surface area contributed by atoms with Gasteiger partial charge in [-0.25, -0.2) is 0 Å². The van der Waals surface area contributed by atoms with E-state index in [1.54, 1.807) is 7.11 Å². The number of carbonyl (C=O) groups is 3. The fraction of sp³-hybridized carbons (Fsp3) is 0.933. The summed E-state index contributed by atoms with van der Waals surface area (Å²) in [4.78, 5) is 38.2. The first-order chi connectivity index (χ1) is 25.6. The first-order valence-electron chi connectivity index (χ1n) is 22.4. The van der Waals surface area contributed by atoms with Gasteiger partial charge in [0.2, 0.25) is 5.91 Å². The lowest BCUT2D eigenvalue weighted by Crippen LogP contribution is -2.38. The van der Waals surface area contributed by atoms with E-state index >= 15 is 0 Å². The molecule has 53 heavy (non-hydrogen) atoms. The zero-order chi connectivity index (χ0) is 39.5. The van der Waals surface area contributed by atoms with E-state index in [1.807, 2.05) is 13.8 Å². The van der Waals surface area contributed by atoms with Crippen molar-refractivity contribution >= 4 is 17.8 Å². The van der Waals surface area contributed by atoms with Crippen LogP contribution in [0.5, 0.6) is 0 Å². The molecule has 0 aliphatic rings. The minimum atomic E-state index is -0.630. The fourth-order valence-electron chi connectivity index (χ4n) is 6.93. The number of hydrogen-bond acceptors (Lipinski definition) is 7. The molecular formula is C45H87NO7. The summed E-state index contributed by atoms with van der Waals surface area (Å²) in [7, 11) is 1.75. The summed E-state index contributed by atoms with van der Waals surface area (Å²) in [5.74, 6) is -0.642. The van der Waals surface area contributed by atoms with E-state index in [2.05, 4.69) is 33.0 Å². The third-order valence-electron chi connectivity index (χ3n) is 10.8. The van der Waals surface area contributed by atoms with Crippen molar-refractivity contribution in [2.45, 2.75) is 245 Å². The maximum atomic E-state index is 12.9. The van der Waals surface area contributed by atoms with Crippen LogP contribution in [-0.2, 0) is 33.3 Å². The van der Waals surface area contributed by atoms with Crippen molar-refractivity contribution in [1.29, 1.82) is 0 Å². The number of unbranched alkanes of at least 4 members (excludes halogenated alkanes) is 20. The van der Waals surface area contributed by atoms with Crippen molar-refractivity contribution in [2.75, 3.05) is 26.9 Å². The van der Waals surface area contributed by atoms with Crippen LogP contribution in [0.25, 0.3) is 0 Å². The van der Waals surface area contributed by atoms with Crippen LogP contribution in [0.4, 0.5) is 0 Å². The summed E-state index contributed by atoms with van der Waals surface area (Å²) >= 11 is 0. The summed E-state index contributed by atoms with van der Waals surface area (Å²) < 4.78 is 23.3. The van der Waals surface area contributed by atoms with Gasteiger partial charge in [-0.15, -0.1) is 0 Å². The SMILES string of the molecule is CCCCCCCCCCCCCC(=O)OCC(CCNC(=O)CC(C)(C)OCCC(CC)(CC)OC)OC(=O)CCCCCCCCCCCCC. The van der Waals surface area contributed by atoms with Gasteiger partial charge < -0.3 is 24.3 Å². The Hall–Kier alpha value is -1.67. The zero-order valence-corrected chi connectivity index (χ0v) is 36.1. The lowest BCUT2D eigenvalue weighted by atomic mass is 9.93. The number of carbonyl (C=O) groups excluding carboxylic acids is 3. The Morgan fingerprint density at radius 1 is 0.604 bits per heavy atom. The molecule has 0 aromatic carbocycles. The minimum absolute atomic E-state index is 0.0153. The van der Waals surface area contributed by atoms with Crippen LogP contribution in [0.15, 0.2) is 0 Å². The van der Waals surface area contributed by atoms with E-state index in [1.165, 1.54) is 103 Å². The van der Waals surface area contributed by atoms with Crippen LogP contribution in [-0.4, -0.2) is 62.0 Å². The molecule has 0 heterocycles. The molecular weight excluding hydrogens is 666 g/mol. The molecule has 314 valence electrons. The van der Waals surface area contributed by atoms with E-state index in [4.69, 9.17) is 18.9 Å². The van der Waals surface area contributed by atoms with Gasteiger partial charge >= 0.3 is 11.9 Å². The predicted molar refractivity (Wildman–Crippen MR) is 220 cm³/mol. The molecule has 0 radical (unpaired) electrons. The van der Waals surface area contributed by atoms with Gasteiger partial charge in [-0.1, -0.05) is 156 Å². The number of nitrogens with one attached hydrogen (secondary N) is 1. The Morgan fingerprint density at radius 2 is 1.04 bits per heavy atom. The van der Waals surface area contributed by atoms with Gasteiger partial charge in [0.05, 0.1) is 24.2 Å². The van der Waals surface area contributed by atoms with Gasteiger partial charge in [-0.3, -0.25) is 14.4 Å². The quantitative estimate of drug-likeness (QED) is 0.0493. The molecule has 0 spiro atoms. The van der Waals surface area contributed by atoms with Crippen LogP contribution in [0.1, 0.15) is 228 Å². The average Bonchev–Trinajstić information content (AvgIpc) is 3.13. The summed E-state index contributed by atoms with van der Waals surface area (Å²) in [6.45, 7) is 13.4. The van der Waals surface area contributed by atoms with Crippen molar-refractivity contribution in [3.63, 3.8) is 0 Å². The third kappa shape index (κ3) is 31.3. The lowest BCUT2D eigenvalue weighted by Gasteiger charge is -2.32. The smallest absolute Gasteiger partial charge is 0.306 e. The number of hydrogen-bond donors (Lipinski definition) is 1. The van der Waals surface area contributed by atoms with Crippen molar-refractivity contribution in [1.82, 2.24) is 5.32 Å². The molecule has 8 heteroatoms. The fourth-order valence-corrected chi connectivity index (χ4v) is 6.93. The topological polar surface area (TPSA) is 100 Å². The van der Waals surface area contributed by atoms with Gasteiger partial charge in [0.15, 0.2) is 0 Å². The molecule has 1 amide bonds. The Labute approximate surface area is 327 Å². The summed E-state index contributed by atoms with van der Waals surface area (Å²) in [5, 5.41) is 2.96. The average molecular weight is 754 g/mol. The molecule has 1 N–H and O–H groups in total. The van der Waals surface area contributed by atoms with Gasteiger partial charge in [0.25, 0.3) is 0 Å². The number of methoxy groups -OCH3 is 1. The van der Waals surface area contributed by atoms with E-state index in [0.29, 0.717) is 32.4 Å². The molecule has 0 aliphatic carbocycles. The van der Waals surface area contributed by atoms with Crippen LogP contribution in [0.3, 0.4) is 0 Å². The van der Waals surface area contributed by atoms with Crippen LogP contribution in [0.2, 0.25) is 0 Å². The Kier molecular flexibility index (Phi) is 33.7. The Bertz CT molecular complexity index is 865. The highest BCUT2D eigenvalue weighted by Crippen LogP contribution is 2.25. The van der Waals surface area contributed by atoms with E-state index < -0.39 is 11.7 Å². The molecule has 0 aromatic heterocycles. The number of ether oxygens (including phenoxy) is 4. The first-order valence-corrected chi connectivity index (χ1v) is 22.4. The number of esters is 2. The van der Waals surface area contributed by atoms with Crippen molar-refractivity contribution in [3.05, 3.63) is 0 Å². The van der Waals surface area contributed by atoms with Gasteiger partial charge in [-0.2, -0.15) is 0 Å². The standard InChI is InChI=1S/C45H87NO7/c1-8-12-14-16-18-20-22-24-26-28-30-32-42(48)51-39-40(53-43(49)33-31-29-27-25-23-21-19-17-15-13-9-2)34-36-46-41(47)38-44(5,6)52-37-35-45(10-3,11-4)50-7/h40H,8-39H2,1-7H3,(H,46,47). The predicted octanol–water partition coefficient (Wildman–Crippen LogP) is 12.1. The molecule has 0 saturated heterocycles. The molecule has 0 bridgehead atoms. The molecule has 1 atom stereocenters. The maximum absolute atomic E-state index is 12.9. The molecule has 0 aromatic rings. The molecule has 8 nitrogen and oxygen atoms in total. The molecule has 0 aliphatic heterocycles. The van der Waals surface area contributed by atoms with Crippen LogP contribution < -0.4 is 5.32 Å². The monoisotopic (exact) mass is 754 g/mol. The first kappa shape index (κ1) is 51.3. The second-order valence-electron chi connectivity index (χ2n) is 16.1. The highest BCUT2D eigenvalue weighted by Gasteiger charge is 2.28. The lowest BCUT2D eigenvalue weighted by molar-refractivity contribution is -0.159. The highest BCUT2D eigenvalue weighted by atomic mass is 16.6. The zero-order valence-electron chi connectivity index (χ0n) is 36.1. The minimum Gasteiger partial charge on any atom is -0.462 e. The Morgan fingerprint density at radius 3 is 1.47 bits per heavy atom. The molecule has 1 unspecified atom stereocenters. The van der Waals surface area contributed by atoms with Crippen molar-refractivity contribution in [3.8, 4) is 0 Å². The number of rotatable bonds is 39. The third-order valence-corrected chi connectivity index (χ3v) is 10.8. The molecule has 0 saturated carbocycles. The number of amides is 1. The molecule has 0 fully saturated rings.